The van der Waals surface area contributed by atoms with Crippen LogP contribution < -0.4 is 0 Å². The molecule has 3 rings (SSSR count). The van der Waals surface area contributed by atoms with Crippen molar-refractivity contribution in [2.75, 3.05) is 7.05 Å². The molecule has 194 valence electrons. The Morgan fingerprint density at radius 2 is 1.89 bits per heavy atom. The maximum Gasteiger partial charge on any atom is 0.410 e. The van der Waals surface area contributed by atoms with Gasteiger partial charge in [0, 0.05) is 24.1 Å². The number of ether oxygens (including phenoxy) is 1. The maximum atomic E-state index is 12.9. The normalized spacial score (nSPS) is 20.9. The minimum Gasteiger partial charge on any atom is -0.507 e. The second-order valence-electron chi connectivity index (χ2n) is 10.8. The second-order valence-corrected chi connectivity index (χ2v) is 10.8. The topological polar surface area (TPSA) is 70.0 Å². The summed E-state index contributed by atoms with van der Waals surface area (Å²) < 4.78 is 5.77. The van der Waals surface area contributed by atoms with Gasteiger partial charge in [0.25, 0.3) is 0 Å². The zero-order valence-corrected chi connectivity index (χ0v) is 22.2. The number of nitrogens with zero attached hydrogens (tertiary/aromatic N) is 1. The van der Waals surface area contributed by atoms with Gasteiger partial charge in [-0.1, -0.05) is 50.0 Å². The zero-order chi connectivity index (χ0) is 25.5. The summed E-state index contributed by atoms with van der Waals surface area (Å²) >= 11 is 0. The summed E-state index contributed by atoms with van der Waals surface area (Å²) in [5.74, 6) is 0.260. The van der Waals surface area contributed by atoms with Gasteiger partial charge in [-0.3, -0.25) is 0 Å². The fraction of sp³-hybridized carbons (Fsp3) is 0.633. The van der Waals surface area contributed by atoms with E-state index in [0.29, 0.717) is 11.1 Å². The van der Waals surface area contributed by atoms with E-state index in [1.807, 2.05) is 13.0 Å². The van der Waals surface area contributed by atoms with Crippen LogP contribution in [-0.4, -0.2) is 34.4 Å². The Labute approximate surface area is 211 Å². The SMILES string of the molecule is C=C(C)C1CCC(C)=CC1c1c(O)cc(CCCCC)c(CN(C)C(=O)OC2CCCCC2)c1O. The molecular weight excluding hydrogens is 438 g/mol. The zero-order valence-electron chi connectivity index (χ0n) is 22.2. The fourth-order valence-corrected chi connectivity index (χ4v) is 5.68. The molecule has 0 heterocycles. The number of phenols is 2. The van der Waals surface area contributed by atoms with Crippen LogP contribution in [0.4, 0.5) is 4.79 Å². The third kappa shape index (κ3) is 6.83. The summed E-state index contributed by atoms with van der Waals surface area (Å²) in [6.45, 7) is 10.7. The number of carbonyl (C=O) groups is 1. The highest BCUT2D eigenvalue weighted by molar-refractivity contribution is 5.68. The van der Waals surface area contributed by atoms with Crippen LogP contribution in [0.3, 0.4) is 0 Å². The number of phenolic OH excluding ortho intramolecular Hbond substituents is 2. The van der Waals surface area contributed by atoms with Crippen LogP contribution in [0.2, 0.25) is 0 Å². The lowest BCUT2D eigenvalue weighted by molar-refractivity contribution is 0.0496. The molecule has 1 saturated carbocycles. The number of amides is 1. The van der Waals surface area contributed by atoms with Crippen LogP contribution in [0.15, 0.2) is 29.9 Å². The number of hydrogen-bond acceptors (Lipinski definition) is 4. The summed E-state index contributed by atoms with van der Waals surface area (Å²) in [4.78, 5) is 14.4. The number of allylic oxidation sites excluding steroid dienone is 3. The van der Waals surface area contributed by atoms with Gasteiger partial charge in [0.1, 0.15) is 17.6 Å². The molecule has 2 unspecified atom stereocenters. The Bertz CT molecular complexity index is 929. The number of unbranched alkanes of at least 4 members (excludes halogenated alkanes) is 2. The molecule has 1 amide bonds. The van der Waals surface area contributed by atoms with Crippen LogP contribution in [0.25, 0.3) is 0 Å². The Morgan fingerprint density at radius 1 is 1.17 bits per heavy atom. The molecule has 1 aromatic carbocycles. The summed E-state index contributed by atoms with van der Waals surface area (Å²) in [7, 11) is 1.73. The van der Waals surface area contributed by atoms with Gasteiger partial charge in [-0.25, -0.2) is 4.79 Å². The molecule has 0 aliphatic heterocycles. The highest BCUT2D eigenvalue weighted by Crippen LogP contribution is 2.48. The third-order valence-electron chi connectivity index (χ3n) is 7.81. The van der Waals surface area contributed by atoms with E-state index in [1.165, 1.54) is 12.0 Å². The predicted octanol–water partition coefficient (Wildman–Crippen LogP) is 7.75. The molecule has 5 nitrogen and oxygen atoms in total. The monoisotopic (exact) mass is 483 g/mol. The van der Waals surface area contributed by atoms with Crippen molar-refractivity contribution in [1.82, 2.24) is 4.90 Å². The van der Waals surface area contributed by atoms with Crippen molar-refractivity contribution < 1.29 is 19.7 Å². The Morgan fingerprint density at radius 3 is 2.54 bits per heavy atom. The molecule has 2 aliphatic carbocycles. The predicted molar refractivity (Wildman–Crippen MR) is 142 cm³/mol. The van der Waals surface area contributed by atoms with Crippen LogP contribution in [0, 0.1) is 5.92 Å². The first kappa shape index (κ1) is 27.2. The van der Waals surface area contributed by atoms with E-state index in [0.717, 1.165) is 75.3 Å². The first-order valence-corrected chi connectivity index (χ1v) is 13.5. The molecular formula is C30H45NO4. The van der Waals surface area contributed by atoms with E-state index >= 15 is 0 Å². The van der Waals surface area contributed by atoms with Gasteiger partial charge in [-0.05, 0) is 82.8 Å². The van der Waals surface area contributed by atoms with Gasteiger partial charge in [0.05, 0.1) is 6.54 Å². The Hall–Kier alpha value is -2.43. The number of benzene rings is 1. The lowest BCUT2D eigenvalue weighted by Gasteiger charge is -2.32. The highest BCUT2D eigenvalue weighted by Gasteiger charge is 2.32. The molecule has 2 N–H and O–H groups in total. The molecule has 0 spiro atoms. The van der Waals surface area contributed by atoms with Crippen molar-refractivity contribution >= 4 is 6.09 Å². The lowest BCUT2D eigenvalue weighted by Crippen LogP contribution is -2.32. The minimum absolute atomic E-state index is 0.0154. The smallest absolute Gasteiger partial charge is 0.410 e. The molecule has 5 heteroatoms. The molecule has 0 bridgehead atoms. The van der Waals surface area contributed by atoms with E-state index < -0.39 is 0 Å². The van der Waals surface area contributed by atoms with Gasteiger partial charge in [0.2, 0.25) is 0 Å². The number of carbonyl (C=O) groups excluding carboxylic acids is 1. The average Bonchev–Trinajstić information content (AvgIpc) is 2.82. The van der Waals surface area contributed by atoms with E-state index in [-0.39, 0.29) is 42.1 Å². The second kappa shape index (κ2) is 12.5. The standard InChI is InChI=1S/C30H45NO4/c1-6-7-9-12-22-18-27(32)28(25-17-21(4)15-16-24(25)20(2)3)29(33)26(22)19-31(5)30(34)35-23-13-10-8-11-14-23/h17-18,23-25,32-33H,2,6-16,19H2,1,3-5H3. The average molecular weight is 484 g/mol. The largest absolute Gasteiger partial charge is 0.507 e. The van der Waals surface area contributed by atoms with Gasteiger partial charge in [-0.2, -0.15) is 0 Å². The summed E-state index contributed by atoms with van der Waals surface area (Å²) in [6.07, 6.45) is 12.9. The number of rotatable bonds is 9. The first-order chi connectivity index (χ1) is 16.7. The van der Waals surface area contributed by atoms with Crippen molar-refractivity contribution in [1.29, 1.82) is 0 Å². The summed E-state index contributed by atoms with van der Waals surface area (Å²) in [5, 5.41) is 22.7. The fourth-order valence-electron chi connectivity index (χ4n) is 5.68. The van der Waals surface area contributed by atoms with Crippen molar-refractivity contribution in [2.45, 2.75) is 110 Å². The van der Waals surface area contributed by atoms with Gasteiger partial charge < -0.3 is 19.8 Å². The Kier molecular flexibility index (Phi) is 9.71. The van der Waals surface area contributed by atoms with Gasteiger partial charge in [-0.15, -0.1) is 0 Å². The van der Waals surface area contributed by atoms with Crippen molar-refractivity contribution in [3.8, 4) is 11.5 Å². The quantitative estimate of drug-likeness (QED) is 0.278. The van der Waals surface area contributed by atoms with Crippen molar-refractivity contribution in [3.05, 3.63) is 46.6 Å². The Balaban J connectivity index is 1.94. The molecule has 2 atom stereocenters. The highest BCUT2D eigenvalue weighted by atomic mass is 16.6. The van der Waals surface area contributed by atoms with Gasteiger partial charge >= 0.3 is 6.09 Å². The molecule has 2 aliphatic rings. The number of aryl methyl sites for hydroxylation is 1. The summed E-state index contributed by atoms with van der Waals surface area (Å²) in [5.41, 5.74) is 4.49. The third-order valence-corrected chi connectivity index (χ3v) is 7.81. The molecule has 0 radical (unpaired) electrons. The van der Waals surface area contributed by atoms with Crippen molar-refractivity contribution in [2.24, 2.45) is 5.92 Å². The lowest BCUT2D eigenvalue weighted by atomic mass is 9.73. The van der Waals surface area contributed by atoms with E-state index in [9.17, 15) is 15.0 Å². The number of aromatic hydroxyl groups is 2. The molecule has 35 heavy (non-hydrogen) atoms. The molecule has 0 saturated heterocycles. The van der Waals surface area contributed by atoms with Crippen molar-refractivity contribution in [3.63, 3.8) is 0 Å². The van der Waals surface area contributed by atoms with Crippen LogP contribution in [-0.2, 0) is 17.7 Å². The van der Waals surface area contributed by atoms with Crippen LogP contribution in [0.1, 0.15) is 108 Å². The minimum atomic E-state index is -0.348. The molecule has 1 aromatic rings. The summed E-state index contributed by atoms with van der Waals surface area (Å²) in [6, 6.07) is 1.81. The molecule has 0 aromatic heterocycles. The first-order valence-electron chi connectivity index (χ1n) is 13.5. The van der Waals surface area contributed by atoms with Gasteiger partial charge in [0.15, 0.2) is 0 Å². The van der Waals surface area contributed by atoms with Crippen LogP contribution in [0.5, 0.6) is 11.5 Å². The maximum absolute atomic E-state index is 12.9. The van der Waals surface area contributed by atoms with E-state index in [2.05, 4.69) is 26.5 Å². The van der Waals surface area contributed by atoms with Crippen LogP contribution >= 0.6 is 0 Å². The van der Waals surface area contributed by atoms with E-state index in [1.54, 1.807) is 11.9 Å². The molecule has 1 fully saturated rings. The van der Waals surface area contributed by atoms with E-state index in [4.69, 9.17) is 4.74 Å². The number of hydrogen-bond donors (Lipinski definition) is 2.